The molecule has 0 radical (unpaired) electrons. The monoisotopic (exact) mass is 263 g/mol. The molecule has 1 heterocycles. The van der Waals surface area contributed by atoms with Gasteiger partial charge in [0.25, 0.3) is 0 Å². The quantitative estimate of drug-likeness (QED) is 0.817. The van der Waals surface area contributed by atoms with E-state index in [0.717, 1.165) is 19.0 Å². The predicted octanol–water partition coefficient (Wildman–Crippen LogP) is 2.03. The van der Waals surface area contributed by atoms with Gasteiger partial charge in [-0.3, -0.25) is 4.79 Å². The minimum absolute atomic E-state index is 0.194. The molecule has 0 bridgehead atoms. The van der Waals surface area contributed by atoms with Crippen molar-refractivity contribution >= 4 is 5.91 Å². The number of aromatic nitrogens is 1. The third kappa shape index (κ3) is 3.38. The van der Waals surface area contributed by atoms with Crippen LogP contribution in [-0.4, -0.2) is 35.5 Å². The smallest absolute Gasteiger partial charge is 0.242 e. The van der Waals surface area contributed by atoms with Crippen LogP contribution in [0, 0.1) is 5.92 Å². The minimum Gasteiger partial charge on any atom is -0.345 e. The van der Waals surface area contributed by atoms with Crippen molar-refractivity contribution in [1.82, 2.24) is 14.8 Å². The summed E-state index contributed by atoms with van der Waals surface area (Å²) in [5.41, 5.74) is 1.30. The molecule has 4 nitrogen and oxygen atoms in total. The summed E-state index contributed by atoms with van der Waals surface area (Å²) in [6, 6.07) is 2.58. The Morgan fingerprint density at radius 3 is 2.68 bits per heavy atom. The van der Waals surface area contributed by atoms with Gasteiger partial charge in [0, 0.05) is 31.5 Å². The van der Waals surface area contributed by atoms with E-state index in [1.807, 2.05) is 36.6 Å². The molecule has 0 saturated heterocycles. The molecule has 4 heteroatoms. The fraction of sp³-hybridized carbons (Fsp3) is 0.667. The van der Waals surface area contributed by atoms with E-state index < -0.39 is 0 Å². The number of likely N-dealkylation sites (N-methyl/N-ethyl adjacent to an activating group) is 1. The number of carbonyl (C=O) groups is 1. The standard InChI is InChI=1S/C15H25N3O/c1-4-18(5-2)14(19)11-17-9-8-13(10-17)15(16-3)12-6-7-12/h8-10,12,15-16H,4-7,11H2,1-3H3. The Kier molecular flexibility index (Phi) is 4.64. The molecule has 0 aromatic carbocycles. The van der Waals surface area contributed by atoms with E-state index in [4.69, 9.17) is 0 Å². The molecule has 0 spiro atoms. The molecule has 1 aliphatic carbocycles. The lowest BCUT2D eigenvalue weighted by Gasteiger charge is -2.19. The first-order valence-corrected chi connectivity index (χ1v) is 7.30. The highest BCUT2D eigenvalue weighted by Gasteiger charge is 2.31. The van der Waals surface area contributed by atoms with Gasteiger partial charge < -0.3 is 14.8 Å². The summed E-state index contributed by atoms with van der Waals surface area (Å²) in [5.74, 6) is 0.971. The first kappa shape index (κ1) is 14.1. The van der Waals surface area contributed by atoms with Gasteiger partial charge in [0.05, 0.1) is 0 Å². The second-order valence-electron chi connectivity index (χ2n) is 5.29. The maximum absolute atomic E-state index is 12.1. The molecule has 1 aromatic heterocycles. The molecule has 1 aliphatic rings. The van der Waals surface area contributed by atoms with Gasteiger partial charge in [-0.15, -0.1) is 0 Å². The Morgan fingerprint density at radius 2 is 2.16 bits per heavy atom. The average molecular weight is 263 g/mol. The highest BCUT2D eigenvalue weighted by Crippen LogP contribution is 2.40. The van der Waals surface area contributed by atoms with E-state index in [2.05, 4.69) is 17.6 Å². The number of hydrogen-bond acceptors (Lipinski definition) is 2. The topological polar surface area (TPSA) is 37.3 Å². The van der Waals surface area contributed by atoms with Crippen molar-refractivity contribution in [2.75, 3.05) is 20.1 Å². The number of rotatable bonds is 7. The van der Waals surface area contributed by atoms with Gasteiger partial charge in [-0.2, -0.15) is 0 Å². The largest absolute Gasteiger partial charge is 0.345 e. The van der Waals surface area contributed by atoms with Crippen molar-refractivity contribution in [3.8, 4) is 0 Å². The third-order valence-corrected chi connectivity index (χ3v) is 3.97. The van der Waals surface area contributed by atoms with Crippen LogP contribution in [0.3, 0.4) is 0 Å². The van der Waals surface area contributed by atoms with Crippen molar-refractivity contribution in [1.29, 1.82) is 0 Å². The molecule has 1 fully saturated rings. The van der Waals surface area contributed by atoms with E-state index in [9.17, 15) is 4.79 Å². The highest BCUT2D eigenvalue weighted by molar-refractivity contribution is 5.75. The molecule has 106 valence electrons. The van der Waals surface area contributed by atoms with Gasteiger partial charge >= 0.3 is 0 Å². The van der Waals surface area contributed by atoms with Crippen LogP contribution >= 0.6 is 0 Å². The lowest BCUT2D eigenvalue weighted by Crippen LogP contribution is -2.33. The van der Waals surface area contributed by atoms with Gasteiger partial charge in [0.15, 0.2) is 0 Å². The summed E-state index contributed by atoms with van der Waals surface area (Å²) in [4.78, 5) is 13.9. The van der Waals surface area contributed by atoms with Crippen LogP contribution in [0.15, 0.2) is 18.5 Å². The Bertz CT molecular complexity index is 419. The fourth-order valence-electron chi connectivity index (χ4n) is 2.68. The predicted molar refractivity (Wildman–Crippen MR) is 76.9 cm³/mol. The zero-order chi connectivity index (χ0) is 13.8. The summed E-state index contributed by atoms with van der Waals surface area (Å²) >= 11 is 0. The van der Waals surface area contributed by atoms with E-state index in [-0.39, 0.29) is 5.91 Å². The molecule has 1 aromatic rings. The number of hydrogen-bond donors (Lipinski definition) is 1. The maximum Gasteiger partial charge on any atom is 0.242 e. The Morgan fingerprint density at radius 1 is 1.47 bits per heavy atom. The number of amides is 1. The molecule has 1 N–H and O–H groups in total. The van der Waals surface area contributed by atoms with E-state index >= 15 is 0 Å². The molecule has 1 unspecified atom stereocenters. The van der Waals surface area contributed by atoms with Gasteiger partial charge in [0.1, 0.15) is 6.54 Å². The average Bonchev–Trinajstić information content (AvgIpc) is 3.13. The molecule has 0 aliphatic heterocycles. The lowest BCUT2D eigenvalue weighted by atomic mass is 10.1. The molecule has 1 amide bonds. The highest BCUT2D eigenvalue weighted by atomic mass is 16.2. The summed E-state index contributed by atoms with van der Waals surface area (Å²) in [7, 11) is 2.02. The van der Waals surface area contributed by atoms with Crippen molar-refractivity contribution in [2.45, 2.75) is 39.3 Å². The molecule has 1 atom stereocenters. The summed E-state index contributed by atoms with van der Waals surface area (Å²) in [6.45, 7) is 6.05. The van der Waals surface area contributed by atoms with E-state index in [1.54, 1.807) is 0 Å². The van der Waals surface area contributed by atoms with Crippen LogP contribution in [0.25, 0.3) is 0 Å². The molecular formula is C15H25N3O. The summed E-state index contributed by atoms with van der Waals surface area (Å²) in [5, 5.41) is 3.38. The van der Waals surface area contributed by atoms with Gasteiger partial charge in [-0.25, -0.2) is 0 Å². The van der Waals surface area contributed by atoms with Gasteiger partial charge in [0.2, 0.25) is 5.91 Å². The second-order valence-corrected chi connectivity index (χ2v) is 5.29. The zero-order valence-corrected chi connectivity index (χ0v) is 12.2. The molecule has 19 heavy (non-hydrogen) atoms. The summed E-state index contributed by atoms with van der Waals surface area (Å²) < 4.78 is 2.00. The number of carbonyl (C=O) groups excluding carboxylic acids is 1. The van der Waals surface area contributed by atoms with Crippen molar-refractivity contribution in [3.05, 3.63) is 24.0 Å². The first-order chi connectivity index (χ1) is 9.19. The number of nitrogens with zero attached hydrogens (tertiary/aromatic N) is 2. The molecule has 1 saturated carbocycles. The molecular weight excluding hydrogens is 238 g/mol. The lowest BCUT2D eigenvalue weighted by molar-refractivity contribution is -0.131. The Labute approximate surface area is 115 Å². The van der Waals surface area contributed by atoms with Crippen LogP contribution in [0.4, 0.5) is 0 Å². The normalized spacial score (nSPS) is 16.4. The zero-order valence-electron chi connectivity index (χ0n) is 12.2. The van der Waals surface area contributed by atoms with Crippen molar-refractivity contribution in [2.24, 2.45) is 5.92 Å². The van der Waals surface area contributed by atoms with Crippen LogP contribution < -0.4 is 5.32 Å². The van der Waals surface area contributed by atoms with Crippen molar-refractivity contribution in [3.63, 3.8) is 0 Å². The Balaban J connectivity index is 1.98. The van der Waals surface area contributed by atoms with Gasteiger partial charge in [-0.05, 0) is 51.3 Å². The summed E-state index contributed by atoms with van der Waals surface area (Å²) in [6.07, 6.45) is 6.76. The van der Waals surface area contributed by atoms with Crippen LogP contribution in [0.1, 0.15) is 38.3 Å². The Hall–Kier alpha value is -1.29. The van der Waals surface area contributed by atoms with Crippen LogP contribution in [0.5, 0.6) is 0 Å². The van der Waals surface area contributed by atoms with Crippen LogP contribution in [-0.2, 0) is 11.3 Å². The molecule has 2 rings (SSSR count). The van der Waals surface area contributed by atoms with Crippen molar-refractivity contribution < 1.29 is 4.79 Å². The SMILES string of the molecule is CCN(CC)C(=O)Cn1ccc(C(NC)C2CC2)c1. The van der Waals surface area contributed by atoms with E-state index in [1.165, 1.54) is 18.4 Å². The second kappa shape index (κ2) is 6.24. The maximum atomic E-state index is 12.1. The fourth-order valence-corrected chi connectivity index (χ4v) is 2.68. The minimum atomic E-state index is 0.194. The third-order valence-electron chi connectivity index (χ3n) is 3.97. The van der Waals surface area contributed by atoms with E-state index in [0.29, 0.717) is 12.6 Å². The van der Waals surface area contributed by atoms with Gasteiger partial charge in [-0.1, -0.05) is 0 Å². The first-order valence-electron chi connectivity index (χ1n) is 7.30. The van der Waals surface area contributed by atoms with Crippen LogP contribution in [0.2, 0.25) is 0 Å². The number of nitrogens with one attached hydrogen (secondary N) is 1.